The van der Waals surface area contributed by atoms with E-state index in [0.29, 0.717) is 21.5 Å². The minimum absolute atomic E-state index is 0.0773. The summed E-state index contributed by atoms with van der Waals surface area (Å²) in [6.07, 6.45) is 1.46. The average Bonchev–Trinajstić information content (AvgIpc) is 2.61. The summed E-state index contributed by atoms with van der Waals surface area (Å²) in [4.78, 5) is 12.3. The van der Waals surface area contributed by atoms with Gasteiger partial charge in [-0.2, -0.15) is 10.5 Å². The number of carbonyl (C=O) groups is 1. The lowest BCUT2D eigenvalue weighted by Crippen LogP contribution is -2.13. The van der Waals surface area contributed by atoms with Crippen LogP contribution in [0.5, 0.6) is 11.5 Å². The number of hydrogen-bond donors (Lipinski definition) is 2. The highest BCUT2D eigenvalue weighted by atomic mass is 127. The Morgan fingerprint density at radius 2 is 2.00 bits per heavy atom. The molecule has 0 aliphatic carbocycles. The number of halogens is 2. The second-order valence-corrected chi connectivity index (χ2v) is 6.95. The summed E-state index contributed by atoms with van der Waals surface area (Å²) in [5, 5.41) is 29.8. The van der Waals surface area contributed by atoms with E-state index in [1.165, 1.54) is 30.3 Å². The van der Waals surface area contributed by atoms with E-state index in [-0.39, 0.29) is 17.9 Å². The van der Waals surface area contributed by atoms with Crippen molar-refractivity contribution in [2.75, 3.05) is 11.9 Å². The Balaban J connectivity index is 2.25. The minimum Gasteiger partial charge on any atom is -0.508 e. The van der Waals surface area contributed by atoms with Crippen molar-refractivity contribution in [3.05, 3.63) is 55.6 Å². The van der Waals surface area contributed by atoms with Crippen LogP contribution in [0.15, 0.2) is 46.4 Å². The summed E-state index contributed by atoms with van der Waals surface area (Å²) in [5.74, 6) is 0.0441. The zero-order chi connectivity index (χ0) is 19.1. The van der Waals surface area contributed by atoms with E-state index in [1.807, 2.05) is 34.7 Å². The first-order valence-electron chi connectivity index (χ1n) is 7.15. The molecule has 0 fully saturated rings. The molecule has 0 radical (unpaired) electrons. The molecule has 0 unspecified atom stereocenters. The summed E-state index contributed by atoms with van der Waals surface area (Å²) in [7, 11) is 0. The molecule has 0 aliphatic rings. The molecule has 0 aromatic heterocycles. The lowest BCUT2D eigenvalue weighted by molar-refractivity contribution is -0.112. The van der Waals surface area contributed by atoms with E-state index in [2.05, 4.69) is 21.2 Å². The molecular weight excluding hydrogens is 513 g/mol. The number of rotatable bonds is 5. The van der Waals surface area contributed by atoms with Crippen molar-refractivity contribution >= 4 is 56.2 Å². The summed E-state index contributed by atoms with van der Waals surface area (Å²) in [6, 6.07) is 13.1. The van der Waals surface area contributed by atoms with Gasteiger partial charge in [0.25, 0.3) is 5.91 Å². The molecule has 2 N–H and O–H groups in total. The predicted octanol–water partition coefficient (Wildman–Crippen LogP) is 4.21. The number of amides is 1. The number of nitriles is 2. The van der Waals surface area contributed by atoms with Crippen LogP contribution in [0.4, 0.5) is 5.69 Å². The predicted molar refractivity (Wildman–Crippen MR) is 108 cm³/mol. The van der Waals surface area contributed by atoms with Crippen LogP contribution in [0.1, 0.15) is 5.56 Å². The van der Waals surface area contributed by atoms with E-state index in [0.717, 1.165) is 3.57 Å². The van der Waals surface area contributed by atoms with Crippen molar-refractivity contribution in [1.82, 2.24) is 0 Å². The third kappa shape index (κ3) is 5.22. The van der Waals surface area contributed by atoms with Crippen molar-refractivity contribution in [3.63, 3.8) is 0 Å². The van der Waals surface area contributed by atoms with Crippen molar-refractivity contribution < 1.29 is 14.6 Å². The van der Waals surface area contributed by atoms with Gasteiger partial charge >= 0.3 is 0 Å². The second-order valence-electron chi connectivity index (χ2n) is 4.93. The molecule has 0 bridgehead atoms. The molecule has 8 heteroatoms. The molecule has 0 spiro atoms. The van der Waals surface area contributed by atoms with E-state index < -0.39 is 5.91 Å². The number of nitrogens with one attached hydrogen (secondary N) is 1. The summed E-state index contributed by atoms with van der Waals surface area (Å²) < 4.78 is 6.68. The Kier molecular flexibility index (Phi) is 7.01. The fourth-order valence-corrected chi connectivity index (χ4v) is 3.73. The molecule has 6 nitrogen and oxygen atoms in total. The number of aromatic hydroxyl groups is 1. The zero-order valence-electron chi connectivity index (χ0n) is 13.2. The van der Waals surface area contributed by atoms with Crippen molar-refractivity contribution in [2.24, 2.45) is 0 Å². The molecule has 2 aromatic rings. The highest BCUT2D eigenvalue weighted by Gasteiger charge is 2.12. The average molecular weight is 524 g/mol. The number of hydrogen-bond acceptors (Lipinski definition) is 5. The largest absolute Gasteiger partial charge is 0.508 e. The standard InChI is InChI=1S/C18H11BrIN3O3/c19-15-8-11(9-16(20)17(15)26-6-5-21)7-12(10-22)18(25)23-13-1-3-14(24)4-2-13/h1-4,7-9,24H,6H2,(H,23,25)/b12-7+. The Labute approximate surface area is 172 Å². The van der Waals surface area contributed by atoms with Crippen LogP contribution in [-0.4, -0.2) is 17.6 Å². The number of ether oxygens (including phenoxy) is 1. The number of benzene rings is 2. The number of anilines is 1. The molecule has 0 saturated heterocycles. The summed E-state index contributed by atoms with van der Waals surface area (Å²) in [5.41, 5.74) is 1.01. The van der Waals surface area contributed by atoms with Crippen LogP contribution in [0.25, 0.3) is 6.08 Å². The van der Waals surface area contributed by atoms with Gasteiger partial charge in [0.1, 0.15) is 29.2 Å². The highest BCUT2D eigenvalue weighted by molar-refractivity contribution is 14.1. The van der Waals surface area contributed by atoms with Gasteiger partial charge in [0.2, 0.25) is 0 Å². The van der Waals surface area contributed by atoms with Crippen LogP contribution >= 0.6 is 38.5 Å². The molecule has 2 aromatic carbocycles. The third-order valence-electron chi connectivity index (χ3n) is 3.10. The van der Waals surface area contributed by atoms with Crippen LogP contribution in [0, 0.1) is 26.2 Å². The highest BCUT2D eigenvalue weighted by Crippen LogP contribution is 2.32. The minimum atomic E-state index is -0.561. The van der Waals surface area contributed by atoms with Gasteiger partial charge in [-0.25, -0.2) is 0 Å². The number of nitrogens with zero attached hydrogens (tertiary/aromatic N) is 2. The van der Waals surface area contributed by atoms with Crippen LogP contribution in [0.2, 0.25) is 0 Å². The van der Waals surface area contributed by atoms with Gasteiger partial charge in [-0.15, -0.1) is 0 Å². The van der Waals surface area contributed by atoms with Crippen LogP contribution < -0.4 is 10.1 Å². The molecular formula is C18H11BrIN3O3. The number of carbonyl (C=O) groups excluding carboxylic acids is 1. The topological polar surface area (TPSA) is 106 Å². The normalized spacial score (nSPS) is 10.5. The fourth-order valence-electron chi connectivity index (χ4n) is 1.96. The molecule has 0 aliphatic heterocycles. The van der Waals surface area contributed by atoms with E-state index in [9.17, 15) is 15.2 Å². The first-order valence-corrected chi connectivity index (χ1v) is 9.02. The van der Waals surface area contributed by atoms with E-state index >= 15 is 0 Å². The van der Waals surface area contributed by atoms with Gasteiger partial charge in [0, 0.05) is 5.69 Å². The van der Waals surface area contributed by atoms with Gasteiger partial charge in [-0.1, -0.05) is 0 Å². The zero-order valence-corrected chi connectivity index (χ0v) is 16.9. The maximum atomic E-state index is 12.3. The molecule has 130 valence electrons. The molecule has 26 heavy (non-hydrogen) atoms. The summed E-state index contributed by atoms with van der Waals surface area (Å²) >= 11 is 5.41. The maximum Gasteiger partial charge on any atom is 0.266 e. The van der Waals surface area contributed by atoms with Crippen LogP contribution in [0.3, 0.4) is 0 Å². The van der Waals surface area contributed by atoms with Gasteiger partial charge in [0.05, 0.1) is 8.04 Å². The van der Waals surface area contributed by atoms with Gasteiger partial charge < -0.3 is 15.2 Å². The van der Waals surface area contributed by atoms with E-state index in [4.69, 9.17) is 10.00 Å². The Morgan fingerprint density at radius 3 is 2.58 bits per heavy atom. The molecule has 0 heterocycles. The maximum absolute atomic E-state index is 12.3. The first kappa shape index (κ1) is 19.8. The van der Waals surface area contributed by atoms with Gasteiger partial charge in [-0.3, -0.25) is 4.79 Å². The monoisotopic (exact) mass is 523 g/mol. The lowest BCUT2D eigenvalue weighted by Gasteiger charge is -2.09. The smallest absolute Gasteiger partial charge is 0.266 e. The Hall–Kier alpha value is -2.56. The first-order chi connectivity index (χ1) is 12.4. The fraction of sp³-hybridized carbons (Fsp3) is 0.0556. The molecule has 1 amide bonds. The lowest BCUT2D eigenvalue weighted by atomic mass is 10.1. The van der Waals surface area contributed by atoms with Gasteiger partial charge in [-0.05, 0) is 86.6 Å². The van der Waals surface area contributed by atoms with Crippen LogP contribution in [-0.2, 0) is 4.79 Å². The number of phenolic OH excluding ortho intramolecular Hbond substituents is 1. The molecule has 0 atom stereocenters. The van der Waals surface area contributed by atoms with Crippen molar-refractivity contribution in [2.45, 2.75) is 0 Å². The molecule has 2 rings (SSSR count). The van der Waals surface area contributed by atoms with Crippen molar-refractivity contribution in [1.29, 1.82) is 10.5 Å². The van der Waals surface area contributed by atoms with Crippen molar-refractivity contribution in [3.8, 4) is 23.6 Å². The quantitative estimate of drug-likeness (QED) is 0.264. The van der Waals surface area contributed by atoms with E-state index in [1.54, 1.807) is 12.1 Å². The number of phenols is 1. The second kappa shape index (κ2) is 9.22. The molecule has 0 saturated carbocycles. The SMILES string of the molecule is N#CCOc1c(Br)cc(/C=C(\C#N)C(=O)Nc2ccc(O)cc2)cc1I. The summed E-state index contributed by atoms with van der Waals surface area (Å²) in [6.45, 7) is -0.0811. The third-order valence-corrected chi connectivity index (χ3v) is 4.49. The Morgan fingerprint density at radius 1 is 1.31 bits per heavy atom. The Bertz CT molecular complexity index is 921. The van der Waals surface area contributed by atoms with Gasteiger partial charge in [0.15, 0.2) is 6.61 Å².